The van der Waals surface area contributed by atoms with Crippen LogP contribution in [0, 0.1) is 0 Å². The van der Waals surface area contributed by atoms with E-state index in [9.17, 15) is 4.79 Å². The standard InChI is InChI=1S/C28H36ClN5O/c1-28(2,3)21-9-12-23(13-10-21)34-33-20-27(35)32-17-8-6-4-5-7-16-30-25-15-18-31-26-19-22(29)11-14-24(25)26/h9-15,18-20,34H,4-8,16-17H2,1-3H3,(H,30,31)(H,32,35)/b33-20+. The lowest BCUT2D eigenvalue weighted by Crippen LogP contribution is -2.25. The summed E-state index contributed by atoms with van der Waals surface area (Å²) in [6.45, 7) is 8.11. The first kappa shape index (κ1) is 26.5. The summed E-state index contributed by atoms with van der Waals surface area (Å²) in [7, 11) is 0. The average molecular weight is 494 g/mol. The number of carbonyl (C=O) groups excluding carboxylic acids is 1. The van der Waals surface area contributed by atoms with Crippen LogP contribution >= 0.6 is 11.6 Å². The molecule has 3 rings (SSSR count). The number of carbonyl (C=O) groups is 1. The van der Waals surface area contributed by atoms with Crippen LogP contribution in [0.2, 0.25) is 5.02 Å². The fraction of sp³-hybridized carbons (Fsp3) is 0.393. The van der Waals surface area contributed by atoms with Crippen molar-refractivity contribution in [1.82, 2.24) is 10.3 Å². The molecule has 0 fully saturated rings. The van der Waals surface area contributed by atoms with Gasteiger partial charge in [-0.2, -0.15) is 5.10 Å². The largest absolute Gasteiger partial charge is 0.384 e. The van der Waals surface area contributed by atoms with Gasteiger partial charge in [0.25, 0.3) is 5.91 Å². The first-order valence-corrected chi connectivity index (χ1v) is 12.7. The zero-order chi connectivity index (χ0) is 25.1. The van der Waals surface area contributed by atoms with E-state index in [1.54, 1.807) is 6.20 Å². The number of nitrogens with zero attached hydrogens (tertiary/aromatic N) is 2. The van der Waals surface area contributed by atoms with Gasteiger partial charge >= 0.3 is 0 Å². The quantitative estimate of drug-likeness (QED) is 0.148. The molecule has 3 aromatic rings. The summed E-state index contributed by atoms with van der Waals surface area (Å²) in [5.74, 6) is -0.182. The van der Waals surface area contributed by atoms with Gasteiger partial charge in [0, 0.05) is 35.4 Å². The Hall–Kier alpha value is -3.12. The highest BCUT2D eigenvalue weighted by atomic mass is 35.5. The lowest BCUT2D eigenvalue weighted by Gasteiger charge is -2.18. The second-order valence-corrected chi connectivity index (χ2v) is 10.1. The SMILES string of the molecule is CC(C)(C)c1ccc(N/N=C/C(=O)NCCCCCCCNc2ccnc3cc(Cl)ccc23)cc1. The Kier molecular flexibility index (Phi) is 9.91. The summed E-state index contributed by atoms with van der Waals surface area (Å²) in [5.41, 5.74) is 7.13. The van der Waals surface area contributed by atoms with Crippen LogP contribution in [0.3, 0.4) is 0 Å². The number of unbranched alkanes of at least 4 members (excludes halogenated alkanes) is 4. The number of amides is 1. The van der Waals surface area contributed by atoms with Crippen LogP contribution < -0.4 is 16.1 Å². The third kappa shape index (κ3) is 8.87. The first-order valence-electron chi connectivity index (χ1n) is 12.3. The Morgan fingerprint density at radius 1 is 0.971 bits per heavy atom. The lowest BCUT2D eigenvalue weighted by molar-refractivity contribution is -0.114. The number of hydrogen-bond donors (Lipinski definition) is 3. The molecular formula is C28H36ClN5O. The molecule has 0 spiro atoms. The van der Waals surface area contributed by atoms with Gasteiger partial charge in [-0.1, -0.05) is 63.8 Å². The number of aromatic nitrogens is 1. The van der Waals surface area contributed by atoms with Crippen LogP contribution in [0.15, 0.2) is 59.8 Å². The van der Waals surface area contributed by atoms with Crippen LogP contribution in [-0.4, -0.2) is 30.2 Å². The third-order valence-corrected chi connectivity index (χ3v) is 6.03. The summed E-state index contributed by atoms with van der Waals surface area (Å²) in [5, 5.41) is 12.2. The Morgan fingerprint density at radius 3 is 2.43 bits per heavy atom. The maximum Gasteiger partial charge on any atom is 0.264 e. The number of fused-ring (bicyclic) bond motifs is 1. The van der Waals surface area contributed by atoms with Gasteiger partial charge in [0.05, 0.1) is 11.2 Å². The Balaban J connectivity index is 1.23. The van der Waals surface area contributed by atoms with Crippen LogP contribution in [0.1, 0.15) is 58.4 Å². The van der Waals surface area contributed by atoms with Crippen molar-refractivity contribution in [2.75, 3.05) is 23.8 Å². The maximum atomic E-state index is 11.9. The second-order valence-electron chi connectivity index (χ2n) is 9.70. The predicted octanol–water partition coefficient (Wildman–Crippen LogP) is 6.76. The molecule has 0 radical (unpaired) electrons. The summed E-state index contributed by atoms with van der Waals surface area (Å²) >= 11 is 6.05. The number of nitrogens with one attached hydrogen (secondary N) is 3. The molecule has 35 heavy (non-hydrogen) atoms. The Morgan fingerprint density at radius 2 is 1.69 bits per heavy atom. The van der Waals surface area contributed by atoms with E-state index < -0.39 is 0 Å². The molecule has 6 nitrogen and oxygen atoms in total. The number of pyridine rings is 1. The lowest BCUT2D eigenvalue weighted by atomic mass is 9.87. The molecule has 0 unspecified atom stereocenters. The third-order valence-electron chi connectivity index (χ3n) is 5.80. The van der Waals surface area contributed by atoms with Crippen molar-refractivity contribution in [2.45, 2.75) is 58.3 Å². The van der Waals surface area contributed by atoms with E-state index in [0.29, 0.717) is 11.6 Å². The highest BCUT2D eigenvalue weighted by Crippen LogP contribution is 2.25. The molecule has 0 saturated heterocycles. The number of hydrazone groups is 1. The first-order chi connectivity index (χ1) is 16.8. The second kappa shape index (κ2) is 13.1. The van der Waals surface area contributed by atoms with Crippen molar-refractivity contribution >= 4 is 46.0 Å². The van der Waals surface area contributed by atoms with E-state index in [0.717, 1.165) is 60.9 Å². The molecule has 7 heteroatoms. The van der Waals surface area contributed by atoms with E-state index in [-0.39, 0.29) is 11.3 Å². The molecule has 0 aliphatic heterocycles. The summed E-state index contributed by atoms with van der Waals surface area (Å²) in [6, 6.07) is 15.9. The van der Waals surface area contributed by atoms with E-state index in [1.807, 2.05) is 36.4 Å². The highest BCUT2D eigenvalue weighted by molar-refractivity contribution is 6.31. The molecule has 2 aromatic carbocycles. The molecule has 0 aliphatic carbocycles. The van der Waals surface area contributed by atoms with Gasteiger partial charge in [-0.3, -0.25) is 15.2 Å². The molecule has 1 amide bonds. The summed E-state index contributed by atoms with van der Waals surface area (Å²) < 4.78 is 0. The molecule has 1 heterocycles. The van der Waals surface area contributed by atoms with Crippen molar-refractivity contribution in [3.05, 3.63) is 65.3 Å². The molecule has 186 valence electrons. The van der Waals surface area contributed by atoms with Crippen LogP contribution in [0.4, 0.5) is 11.4 Å². The normalized spacial score (nSPS) is 11.7. The molecule has 1 aromatic heterocycles. The number of anilines is 2. The van der Waals surface area contributed by atoms with Gasteiger partial charge in [-0.25, -0.2) is 0 Å². The van der Waals surface area contributed by atoms with Gasteiger partial charge in [-0.15, -0.1) is 0 Å². The molecule has 0 saturated carbocycles. The van der Waals surface area contributed by atoms with Gasteiger partial charge in [0.2, 0.25) is 0 Å². The Bertz CT molecular complexity index is 1120. The average Bonchev–Trinajstić information content (AvgIpc) is 2.82. The van der Waals surface area contributed by atoms with E-state index >= 15 is 0 Å². The van der Waals surface area contributed by atoms with Crippen LogP contribution in [0.5, 0.6) is 0 Å². The smallest absolute Gasteiger partial charge is 0.264 e. The van der Waals surface area contributed by atoms with Crippen molar-refractivity contribution in [3.63, 3.8) is 0 Å². The Labute approximate surface area is 213 Å². The molecule has 0 atom stereocenters. The number of halogens is 1. The maximum absolute atomic E-state index is 11.9. The minimum absolute atomic E-state index is 0.115. The topological polar surface area (TPSA) is 78.4 Å². The summed E-state index contributed by atoms with van der Waals surface area (Å²) in [4.78, 5) is 16.3. The number of benzene rings is 2. The molecule has 3 N–H and O–H groups in total. The molecule has 0 bridgehead atoms. The van der Waals surface area contributed by atoms with E-state index in [1.165, 1.54) is 11.8 Å². The van der Waals surface area contributed by atoms with Crippen molar-refractivity contribution in [1.29, 1.82) is 0 Å². The van der Waals surface area contributed by atoms with Crippen LogP contribution in [-0.2, 0) is 10.2 Å². The number of rotatable bonds is 12. The zero-order valence-corrected chi connectivity index (χ0v) is 21.7. The predicted molar refractivity (Wildman–Crippen MR) is 149 cm³/mol. The van der Waals surface area contributed by atoms with Gasteiger partial charge in [0.1, 0.15) is 6.21 Å². The van der Waals surface area contributed by atoms with E-state index in [2.05, 4.69) is 59.0 Å². The summed E-state index contributed by atoms with van der Waals surface area (Å²) in [6.07, 6.45) is 8.54. The minimum Gasteiger partial charge on any atom is -0.384 e. The van der Waals surface area contributed by atoms with E-state index in [4.69, 9.17) is 11.6 Å². The highest BCUT2D eigenvalue weighted by Gasteiger charge is 2.12. The van der Waals surface area contributed by atoms with Crippen molar-refractivity contribution < 1.29 is 4.79 Å². The fourth-order valence-electron chi connectivity index (χ4n) is 3.75. The fourth-order valence-corrected chi connectivity index (χ4v) is 3.91. The monoisotopic (exact) mass is 493 g/mol. The molecular weight excluding hydrogens is 458 g/mol. The van der Waals surface area contributed by atoms with Crippen LogP contribution in [0.25, 0.3) is 10.9 Å². The number of hydrogen-bond acceptors (Lipinski definition) is 5. The zero-order valence-electron chi connectivity index (χ0n) is 20.9. The van der Waals surface area contributed by atoms with Gasteiger partial charge < -0.3 is 10.6 Å². The molecule has 0 aliphatic rings. The van der Waals surface area contributed by atoms with Crippen molar-refractivity contribution in [2.24, 2.45) is 5.10 Å². The van der Waals surface area contributed by atoms with Gasteiger partial charge in [0.15, 0.2) is 0 Å². The van der Waals surface area contributed by atoms with Crippen molar-refractivity contribution in [3.8, 4) is 0 Å². The van der Waals surface area contributed by atoms with Gasteiger partial charge in [-0.05, 0) is 60.2 Å². The minimum atomic E-state index is -0.182.